The highest BCUT2D eigenvalue weighted by Crippen LogP contribution is 2.29. The molecular weight excluding hydrogens is 464 g/mol. The summed E-state index contributed by atoms with van der Waals surface area (Å²) < 4.78 is 5.53. The molecule has 2 aromatic rings. The third-order valence-corrected chi connectivity index (χ3v) is 6.95. The third-order valence-electron chi connectivity index (χ3n) is 6.07. The monoisotopic (exact) mass is 504 g/mol. The van der Waals surface area contributed by atoms with E-state index >= 15 is 0 Å². The zero-order chi connectivity index (χ0) is 26.3. The zero-order valence-corrected chi connectivity index (χ0v) is 23.6. The fraction of sp³-hybridized carbons (Fsp3) is 0.467. The molecule has 0 saturated carbocycles. The normalized spacial score (nSPS) is 15.4. The van der Waals surface area contributed by atoms with Gasteiger partial charge in [0.2, 0.25) is 0 Å². The average Bonchev–Trinajstić information content (AvgIpc) is 2.82. The lowest BCUT2D eigenvalue weighted by atomic mass is 9.87. The number of hydrogen-bond acceptors (Lipinski definition) is 3. The van der Waals surface area contributed by atoms with E-state index in [0.717, 1.165) is 30.4 Å². The predicted octanol–water partition coefficient (Wildman–Crippen LogP) is 6.42. The van der Waals surface area contributed by atoms with Crippen molar-refractivity contribution in [2.75, 3.05) is 13.1 Å². The van der Waals surface area contributed by atoms with Gasteiger partial charge in [-0.15, -0.1) is 5.54 Å². The van der Waals surface area contributed by atoms with Crippen molar-refractivity contribution in [2.45, 2.75) is 71.3 Å². The van der Waals surface area contributed by atoms with Gasteiger partial charge in [0.25, 0.3) is 5.91 Å². The Bertz CT molecular complexity index is 1080. The van der Waals surface area contributed by atoms with Crippen LogP contribution in [0, 0.1) is 17.4 Å². The number of nitrogens with one attached hydrogen (secondary N) is 1. The number of likely N-dealkylation sites (tertiary alicyclic amines) is 1. The Morgan fingerprint density at radius 2 is 1.64 bits per heavy atom. The molecule has 2 aromatic carbocycles. The molecule has 1 aliphatic rings. The van der Waals surface area contributed by atoms with Crippen molar-refractivity contribution < 1.29 is 14.3 Å². The summed E-state index contributed by atoms with van der Waals surface area (Å²) in [5, 5.41) is 3.26. The summed E-state index contributed by atoms with van der Waals surface area (Å²) in [6.07, 6.45) is 2.37. The minimum atomic E-state index is -1.45. The molecule has 0 radical (unpaired) electrons. The minimum Gasteiger partial charge on any atom is -0.444 e. The number of carbonyl (C=O) groups is 2. The second-order valence-electron chi connectivity index (χ2n) is 11.7. The Kier molecular flexibility index (Phi) is 9.02. The van der Waals surface area contributed by atoms with Crippen molar-refractivity contribution in [3.8, 4) is 11.5 Å². The van der Waals surface area contributed by atoms with Crippen molar-refractivity contribution >= 4 is 20.1 Å². The number of carbonyl (C=O) groups excluding carboxylic acids is 2. The van der Waals surface area contributed by atoms with Gasteiger partial charge in [-0.3, -0.25) is 4.79 Å². The lowest BCUT2D eigenvalue weighted by molar-refractivity contribution is 0.0178. The van der Waals surface area contributed by atoms with Crippen molar-refractivity contribution in [2.24, 2.45) is 5.92 Å². The fourth-order valence-corrected chi connectivity index (χ4v) is 4.70. The maximum absolute atomic E-state index is 13.2. The van der Waals surface area contributed by atoms with Crippen LogP contribution in [0.1, 0.15) is 67.6 Å². The van der Waals surface area contributed by atoms with Gasteiger partial charge in [0.05, 0.1) is 6.04 Å². The summed E-state index contributed by atoms with van der Waals surface area (Å²) in [5.74, 6) is 3.57. The predicted molar refractivity (Wildman–Crippen MR) is 148 cm³/mol. The Morgan fingerprint density at radius 3 is 2.19 bits per heavy atom. The van der Waals surface area contributed by atoms with Gasteiger partial charge in [0.1, 0.15) is 13.7 Å². The minimum absolute atomic E-state index is 0.0836. The Balaban J connectivity index is 1.64. The van der Waals surface area contributed by atoms with Gasteiger partial charge >= 0.3 is 6.09 Å². The van der Waals surface area contributed by atoms with Crippen molar-refractivity contribution in [3.05, 3.63) is 71.3 Å². The van der Waals surface area contributed by atoms with E-state index in [-0.39, 0.29) is 18.0 Å². The standard InChI is InChI=1S/C30H40N2O3Si/c1-30(2,3)35-29(34)32-19-16-24(17-20-32)22-27(25-10-8-7-9-11-25)31-28(33)26-14-12-23(13-15-26)18-21-36(4,5)6/h7-15,24,27H,16-17,19-20,22H2,1-6H3,(H,31,33). The molecule has 1 N–H and O–H groups in total. The highest BCUT2D eigenvalue weighted by molar-refractivity contribution is 6.83. The lowest BCUT2D eigenvalue weighted by Gasteiger charge is -2.35. The first kappa shape index (κ1) is 27.5. The van der Waals surface area contributed by atoms with E-state index in [4.69, 9.17) is 4.74 Å². The number of ether oxygens (including phenoxy) is 1. The lowest BCUT2D eigenvalue weighted by Crippen LogP contribution is -2.42. The van der Waals surface area contributed by atoms with Gasteiger partial charge in [-0.2, -0.15) is 0 Å². The van der Waals surface area contributed by atoms with Crippen LogP contribution in [0.2, 0.25) is 19.6 Å². The van der Waals surface area contributed by atoms with Crippen LogP contribution >= 0.6 is 0 Å². The largest absolute Gasteiger partial charge is 0.444 e. The van der Waals surface area contributed by atoms with Gasteiger partial charge in [-0.05, 0) is 75.8 Å². The van der Waals surface area contributed by atoms with Crippen LogP contribution in [0.4, 0.5) is 4.79 Å². The molecule has 36 heavy (non-hydrogen) atoms. The molecule has 0 bridgehead atoms. The van der Waals surface area contributed by atoms with Crippen molar-refractivity contribution in [3.63, 3.8) is 0 Å². The van der Waals surface area contributed by atoms with Gasteiger partial charge in [0.15, 0.2) is 0 Å². The van der Waals surface area contributed by atoms with E-state index in [1.54, 1.807) is 4.90 Å². The molecule has 0 spiro atoms. The fourth-order valence-electron chi connectivity index (χ4n) is 4.18. The first-order valence-corrected chi connectivity index (χ1v) is 16.4. The average molecular weight is 505 g/mol. The van der Waals surface area contributed by atoms with Gasteiger partial charge in [0, 0.05) is 24.2 Å². The molecule has 0 aliphatic carbocycles. The van der Waals surface area contributed by atoms with E-state index in [1.165, 1.54) is 0 Å². The number of hydrogen-bond donors (Lipinski definition) is 1. The number of piperidine rings is 1. The molecule has 1 aliphatic heterocycles. The number of amides is 2. The van der Waals surface area contributed by atoms with E-state index in [9.17, 15) is 9.59 Å². The van der Waals surface area contributed by atoms with Crippen LogP contribution < -0.4 is 5.32 Å². The maximum Gasteiger partial charge on any atom is 0.410 e. The molecular formula is C30H40N2O3Si. The SMILES string of the molecule is CC(C)(C)OC(=O)N1CCC(CC(NC(=O)c2ccc(C#C[Si](C)(C)C)cc2)c2ccccc2)CC1. The van der Waals surface area contributed by atoms with Crippen molar-refractivity contribution in [1.82, 2.24) is 10.2 Å². The van der Waals surface area contributed by atoms with Gasteiger partial charge < -0.3 is 15.0 Å². The van der Waals surface area contributed by atoms with Crippen molar-refractivity contribution in [1.29, 1.82) is 0 Å². The molecule has 6 heteroatoms. The summed E-state index contributed by atoms with van der Waals surface area (Å²) in [7, 11) is -1.45. The first-order valence-electron chi connectivity index (χ1n) is 12.9. The number of benzene rings is 2. The summed E-state index contributed by atoms with van der Waals surface area (Å²) in [6.45, 7) is 13.7. The first-order chi connectivity index (χ1) is 16.9. The maximum atomic E-state index is 13.2. The molecule has 3 rings (SSSR count). The molecule has 1 fully saturated rings. The number of rotatable bonds is 5. The van der Waals surface area contributed by atoms with Crippen LogP contribution in [0.5, 0.6) is 0 Å². The van der Waals surface area contributed by atoms with Gasteiger partial charge in [-0.1, -0.05) is 55.9 Å². The van der Waals surface area contributed by atoms with E-state index < -0.39 is 13.7 Å². The molecule has 5 nitrogen and oxygen atoms in total. The highest BCUT2D eigenvalue weighted by atomic mass is 28.3. The molecule has 0 aromatic heterocycles. The molecule has 1 atom stereocenters. The van der Waals surface area contributed by atoms with Crippen LogP contribution in [-0.4, -0.2) is 43.7 Å². The smallest absolute Gasteiger partial charge is 0.410 e. The second kappa shape index (κ2) is 11.8. The van der Waals surface area contributed by atoms with Gasteiger partial charge in [-0.25, -0.2) is 4.79 Å². The van der Waals surface area contributed by atoms with E-state index in [0.29, 0.717) is 24.6 Å². The Labute approximate surface area is 217 Å². The van der Waals surface area contributed by atoms with Crippen LogP contribution in [0.3, 0.4) is 0 Å². The summed E-state index contributed by atoms with van der Waals surface area (Å²) in [5.41, 5.74) is 5.54. The molecule has 2 amide bonds. The van der Waals surface area contributed by atoms with Crippen LogP contribution in [-0.2, 0) is 4.74 Å². The topological polar surface area (TPSA) is 58.6 Å². The summed E-state index contributed by atoms with van der Waals surface area (Å²) >= 11 is 0. The molecule has 1 heterocycles. The molecule has 192 valence electrons. The quantitative estimate of drug-likeness (QED) is 0.377. The van der Waals surface area contributed by atoms with Crippen LogP contribution in [0.15, 0.2) is 54.6 Å². The van der Waals surface area contributed by atoms with E-state index in [1.807, 2.05) is 63.2 Å². The Hall–Kier alpha value is -3.04. The summed E-state index contributed by atoms with van der Waals surface area (Å²) in [4.78, 5) is 27.4. The Morgan fingerprint density at radius 1 is 1.03 bits per heavy atom. The van der Waals surface area contributed by atoms with Crippen LogP contribution in [0.25, 0.3) is 0 Å². The molecule has 1 unspecified atom stereocenters. The molecule has 1 saturated heterocycles. The highest BCUT2D eigenvalue weighted by Gasteiger charge is 2.29. The number of nitrogens with zero attached hydrogens (tertiary/aromatic N) is 1. The summed E-state index contributed by atoms with van der Waals surface area (Å²) in [6, 6.07) is 17.6. The zero-order valence-electron chi connectivity index (χ0n) is 22.6. The third kappa shape index (κ3) is 8.87. The van der Waals surface area contributed by atoms with E-state index in [2.05, 4.69) is 48.6 Å². The second-order valence-corrected chi connectivity index (χ2v) is 16.4.